The predicted molar refractivity (Wildman–Crippen MR) is 146 cm³/mol. The van der Waals surface area contributed by atoms with E-state index in [-0.39, 0.29) is 11.5 Å². The third-order valence-electron chi connectivity index (χ3n) is 9.45. The third-order valence-corrected chi connectivity index (χ3v) is 12.5. The summed E-state index contributed by atoms with van der Waals surface area (Å²) >= 11 is 0. The Bertz CT molecular complexity index is 1060. The SMILES string of the molecule is C[Si](C)(C)C1CCC(Oc2ccc3cc(CNC45CCCC(C4)C(C(=O)O)CC5)ccc3c2)CC1. The molecule has 3 saturated carbocycles. The summed E-state index contributed by atoms with van der Waals surface area (Å²) in [5.41, 5.74) is 2.36. The molecule has 2 aromatic carbocycles. The van der Waals surface area contributed by atoms with Crippen molar-refractivity contribution in [2.24, 2.45) is 11.8 Å². The first-order valence-electron chi connectivity index (χ1n) is 13.9. The molecule has 2 bridgehead atoms. The first-order valence-corrected chi connectivity index (χ1v) is 17.5. The van der Waals surface area contributed by atoms with E-state index in [2.05, 4.69) is 61.4 Å². The highest BCUT2D eigenvalue weighted by atomic mass is 28.3. The van der Waals surface area contributed by atoms with Gasteiger partial charge < -0.3 is 15.2 Å². The average molecular weight is 494 g/mol. The van der Waals surface area contributed by atoms with Crippen molar-refractivity contribution in [3.63, 3.8) is 0 Å². The fourth-order valence-electron chi connectivity index (χ4n) is 7.21. The molecule has 3 fully saturated rings. The number of carboxylic acid groups (broad SMARTS) is 1. The van der Waals surface area contributed by atoms with Gasteiger partial charge in [-0.3, -0.25) is 4.79 Å². The first-order chi connectivity index (χ1) is 16.7. The molecule has 4 nitrogen and oxygen atoms in total. The molecule has 0 aliphatic heterocycles. The Morgan fingerprint density at radius 2 is 1.74 bits per heavy atom. The number of benzene rings is 2. The van der Waals surface area contributed by atoms with Crippen LogP contribution in [0.4, 0.5) is 0 Å². The summed E-state index contributed by atoms with van der Waals surface area (Å²) in [6.07, 6.45) is 11.6. The number of carbonyl (C=O) groups is 1. The van der Waals surface area contributed by atoms with Crippen molar-refractivity contribution in [1.82, 2.24) is 5.32 Å². The Hall–Kier alpha value is -1.85. The van der Waals surface area contributed by atoms with E-state index in [1.54, 1.807) is 0 Å². The maximum Gasteiger partial charge on any atom is 0.306 e. The molecule has 0 aromatic heterocycles. The van der Waals surface area contributed by atoms with Gasteiger partial charge in [0.2, 0.25) is 0 Å². The van der Waals surface area contributed by atoms with Crippen LogP contribution in [0, 0.1) is 11.8 Å². The van der Waals surface area contributed by atoms with E-state index in [9.17, 15) is 9.90 Å². The maximum absolute atomic E-state index is 11.6. The van der Waals surface area contributed by atoms with Gasteiger partial charge >= 0.3 is 5.97 Å². The molecule has 35 heavy (non-hydrogen) atoms. The minimum Gasteiger partial charge on any atom is -0.490 e. The minimum atomic E-state index is -1.04. The number of fused-ring (bicyclic) bond motifs is 3. The number of hydrogen-bond donors (Lipinski definition) is 2. The Morgan fingerprint density at radius 3 is 2.49 bits per heavy atom. The largest absolute Gasteiger partial charge is 0.490 e. The highest BCUT2D eigenvalue weighted by Gasteiger charge is 2.45. The molecule has 3 unspecified atom stereocenters. The molecule has 0 radical (unpaired) electrons. The summed E-state index contributed by atoms with van der Waals surface area (Å²) in [6, 6.07) is 13.3. The van der Waals surface area contributed by atoms with Crippen molar-refractivity contribution in [3.05, 3.63) is 42.0 Å². The van der Waals surface area contributed by atoms with Crippen molar-refractivity contribution in [1.29, 1.82) is 0 Å². The summed E-state index contributed by atoms with van der Waals surface area (Å²) in [5.74, 6) is 0.602. The molecule has 2 aromatic rings. The summed E-state index contributed by atoms with van der Waals surface area (Å²) in [5, 5.41) is 15.9. The van der Waals surface area contributed by atoms with Crippen LogP contribution in [0.5, 0.6) is 5.75 Å². The third kappa shape index (κ3) is 5.61. The van der Waals surface area contributed by atoms with E-state index in [0.717, 1.165) is 49.9 Å². The molecule has 3 aliphatic rings. The second-order valence-corrected chi connectivity index (χ2v) is 18.3. The number of aliphatic carboxylic acids is 1. The van der Waals surface area contributed by atoms with Crippen LogP contribution in [0.1, 0.15) is 69.8 Å². The summed E-state index contributed by atoms with van der Waals surface area (Å²) < 4.78 is 6.41. The molecule has 3 aliphatic carbocycles. The van der Waals surface area contributed by atoms with E-state index < -0.39 is 14.0 Å². The lowest BCUT2D eigenvalue weighted by Crippen LogP contribution is -2.53. The van der Waals surface area contributed by atoms with Crippen molar-refractivity contribution in [3.8, 4) is 5.75 Å². The van der Waals surface area contributed by atoms with Crippen LogP contribution in [-0.4, -0.2) is 30.8 Å². The molecule has 3 atom stereocenters. The lowest BCUT2D eigenvalue weighted by atomic mass is 9.62. The Balaban J connectivity index is 1.19. The first kappa shape index (κ1) is 24.8. The van der Waals surface area contributed by atoms with Crippen LogP contribution in [0.25, 0.3) is 10.8 Å². The zero-order valence-electron chi connectivity index (χ0n) is 21.8. The number of carboxylic acids is 1. The van der Waals surface area contributed by atoms with E-state index in [1.807, 2.05) is 0 Å². The number of rotatable bonds is 7. The summed E-state index contributed by atoms with van der Waals surface area (Å²) in [4.78, 5) is 11.6. The normalized spacial score (nSPS) is 31.3. The zero-order valence-corrected chi connectivity index (χ0v) is 22.8. The minimum absolute atomic E-state index is 0.121. The number of nitrogens with one attached hydrogen (secondary N) is 1. The van der Waals surface area contributed by atoms with Gasteiger partial charge in [0.05, 0.1) is 12.0 Å². The topological polar surface area (TPSA) is 58.6 Å². The zero-order chi connectivity index (χ0) is 24.6. The average Bonchev–Trinajstić information content (AvgIpc) is 2.82. The van der Waals surface area contributed by atoms with Gasteiger partial charge in [0.25, 0.3) is 0 Å². The fraction of sp³-hybridized carbons (Fsp3) is 0.633. The van der Waals surface area contributed by atoms with Gasteiger partial charge in [-0.2, -0.15) is 0 Å². The van der Waals surface area contributed by atoms with Gasteiger partial charge in [0.15, 0.2) is 0 Å². The van der Waals surface area contributed by atoms with Crippen LogP contribution in [0.3, 0.4) is 0 Å². The Morgan fingerprint density at radius 1 is 1.00 bits per heavy atom. The lowest BCUT2D eigenvalue weighted by molar-refractivity contribution is -0.146. The van der Waals surface area contributed by atoms with Gasteiger partial charge in [-0.25, -0.2) is 0 Å². The monoisotopic (exact) mass is 493 g/mol. The quantitative estimate of drug-likeness (QED) is 0.395. The maximum atomic E-state index is 11.6. The van der Waals surface area contributed by atoms with Gasteiger partial charge in [-0.15, -0.1) is 0 Å². The highest BCUT2D eigenvalue weighted by molar-refractivity contribution is 6.77. The van der Waals surface area contributed by atoms with Crippen LogP contribution < -0.4 is 10.1 Å². The molecule has 5 heteroatoms. The predicted octanol–water partition coefficient (Wildman–Crippen LogP) is 7.38. The van der Waals surface area contributed by atoms with E-state index in [4.69, 9.17) is 4.74 Å². The molecular weight excluding hydrogens is 450 g/mol. The van der Waals surface area contributed by atoms with Crippen molar-refractivity contribution in [2.45, 2.75) is 108 Å². The fourth-order valence-corrected chi connectivity index (χ4v) is 9.27. The molecule has 5 rings (SSSR count). The second-order valence-electron chi connectivity index (χ2n) is 12.8. The summed E-state index contributed by atoms with van der Waals surface area (Å²) in [6.45, 7) is 8.35. The molecule has 190 valence electrons. The molecule has 0 saturated heterocycles. The second kappa shape index (κ2) is 9.89. The highest BCUT2D eigenvalue weighted by Crippen LogP contribution is 2.46. The molecule has 0 spiro atoms. The van der Waals surface area contributed by atoms with Gasteiger partial charge in [0, 0.05) is 20.2 Å². The van der Waals surface area contributed by atoms with Crippen LogP contribution in [-0.2, 0) is 11.3 Å². The lowest BCUT2D eigenvalue weighted by Gasteiger charge is -2.48. The van der Waals surface area contributed by atoms with Gasteiger partial charge in [-0.1, -0.05) is 44.3 Å². The van der Waals surface area contributed by atoms with Crippen LogP contribution >= 0.6 is 0 Å². The summed E-state index contributed by atoms with van der Waals surface area (Å²) in [7, 11) is -1.04. The standard InChI is InChI=1S/C30H43NO3Si/c1-35(2,3)27-12-10-25(11-13-27)34-26-9-8-22-17-21(6-7-23(22)18-26)20-31-30-15-4-5-24(19-30)28(14-16-30)29(32)33/h6-9,17-18,24-25,27-28,31H,4-5,10-16,19-20H2,1-3H3,(H,32,33). The van der Waals surface area contributed by atoms with Crippen molar-refractivity contribution in [2.75, 3.05) is 0 Å². The molecule has 0 heterocycles. The molecular formula is C30H43NO3Si. The Labute approximate surface area is 211 Å². The molecule has 0 amide bonds. The molecule has 2 N–H and O–H groups in total. The van der Waals surface area contributed by atoms with Crippen LogP contribution in [0.2, 0.25) is 25.2 Å². The Kier molecular flexibility index (Phi) is 7.02. The van der Waals surface area contributed by atoms with Crippen molar-refractivity contribution >= 4 is 24.8 Å². The smallest absolute Gasteiger partial charge is 0.306 e. The van der Waals surface area contributed by atoms with Gasteiger partial charge in [-0.05, 0) is 104 Å². The van der Waals surface area contributed by atoms with E-state index in [0.29, 0.717) is 12.0 Å². The number of ether oxygens (including phenoxy) is 1. The van der Waals surface area contributed by atoms with Crippen molar-refractivity contribution < 1.29 is 14.6 Å². The van der Waals surface area contributed by atoms with Crippen LogP contribution in [0.15, 0.2) is 36.4 Å². The van der Waals surface area contributed by atoms with E-state index in [1.165, 1.54) is 48.4 Å². The van der Waals surface area contributed by atoms with E-state index >= 15 is 0 Å². The van der Waals surface area contributed by atoms with Gasteiger partial charge in [0.1, 0.15) is 5.75 Å². The number of hydrogen-bond acceptors (Lipinski definition) is 3.